The van der Waals surface area contributed by atoms with Crippen LogP contribution in [0, 0.1) is 17.8 Å². The van der Waals surface area contributed by atoms with E-state index in [1.807, 2.05) is 4.90 Å². The Morgan fingerprint density at radius 3 is 2.37 bits per heavy atom. The molecule has 5 heteroatoms. The zero-order valence-corrected chi connectivity index (χ0v) is 11.8. The highest BCUT2D eigenvalue weighted by atomic mass is 16.4. The molecule has 0 spiro atoms. The van der Waals surface area contributed by atoms with Crippen molar-refractivity contribution in [1.82, 2.24) is 10.2 Å². The number of nitrogens with zero attached hydrogens (tertiary/aromatic N) is 1. The second kappa shape index (κ2) is 5.80. The highest BCUT2D eigenvalue weighted by Crippen LogP contribution is 2.27. The van der Waals surface area contributed by atoms with Crippen LogP contribution in [-0.2, 0) is 4.79 Å². The summed E-state index contributed by atoms with van der Waals surface area (Å²) >= 11 is 0. The van der Waals surface area contributed by atoms with Gasteiger partial charge >= 0.3 is 12.0 Å². The number of hydrogen-bond donors (Lipinski definition) is 2. The van der Waals surface area contributed by atoms with Crippen molar-refractivity contribution in [3.63, 3.8) is 0 Å². The average Bonchev–Trinajstić information content (AvgIpc) is 2.75. The number of rotatable bonds is 2. The molecule has 2 fully saturated rings. The van der Waals surface area contributed by atoms with E-state index >= 15 is 0 Å². The molecule has 2 amide bonds. The van der Waals surface area contributed by atoms with E-state index in [9.17, 15) is 9.59 Å². The summed E-state index contributed by atoms with van der Waals surface area (Å²) in [6.07, 6.45) is 3.49. The van der Waals surface area contributed by atoms with Gasteiger partial charge in [-0.1, -0.05) is 20.3 Å². The Morgan fingerprint density at radius 2 is 1.79 bits per heavy atom. The molecule has 1 aliphatic heterocycles. The predicted molar refractivity (Wildman–Crippen MR) is 71.8 cm³/mol. The lowest BCUT2D eigenvalue weighted by molar-refractivity contribution is -0.142. The number of carbonyl (C=O) groups excluding carboxylic acids is 1. The van der Waals surface area contributed by atoms with Gasteiger partial charge in [-0.25, -0.2) is 4.79 Å². The highest BCUT2D eigenvalue weighted by molar-refractivity contribution is 5.77. The van der Waals surface area contributed by atoms with Crippen molar-refractivity contribution in [3.8, 4) is 0 Å². The van der Waals surface area contributed by atoms with Crippen LogP contribution in [0.4, 0.5) is 4.79 Å². The smallest absolute Gasteiger partial charge is 0.317 e. The van der Waals surface area contributed by atoms with Gasteiger partial charge in [0, 0.05) is 19.1 Å². The number of carbonyl (C=O) groups is 2. The Hall–Kier alpha value is -1.26. The molecule has 4 atom stereocenters. The number of likely N-dealkylation sites (tertiary alicyclic amines) is 1. The standard InChI is InChI=1S/C14H24N2O3/c1-9-6-10(2)8-16(7-9)14(19)15-12-5-3-4-11(12)13(17)18/h9-12H,3-8H2,1-2H3,(H,15,19)(H,17,18). The zero-order chi connectivity index (χ0) is 14.0. The van der Waals surface area contributed by atoms with Crippen molar-refractivity contribution in [2.45, 2.75) is 45.6 Å². The Kier molecular flexibility index (Phi) is 4.32. The number of urea groups is 1. The molecule has 1 saturated carbocycles. The van der Waals surface area contributed by atoms with Crippen LogP contribution < -0.4 is 5.32 Å². The fourth-order valence-electron chi connectivity index (χ4n) is 3.51. The van der Waals surface area contributed by atoms with E-state index in [0.29, 0.717) is 18.3 Å². The minimum atomic E-state index is -0.789. The molecule has 0 aromatic carbocycles. The zero-order valence-electron chi connectivity index (χ0n) is 11.8. The molecule has 1 saturated heterocycles. The van der Waals surface area contributed by atoms with E-state index in [-0.39, 0.29) is 12.1 Å². The predicted octanol–water partition coefficient (Wildman–Crippen LogP) is 1.93. The highest BCUT2D eigenvalue weighted by Gasteiger charge is 2.35. The Morgan fingerprint density at radius 1 is 1.16 bits per heavy atom. The van der Waals surface area contributed by atoms with E-state index in [2.05, 4.69) is 19.2 Å². The Bertz CT molecular complexity index is 349. The van der Waals surface area contributed by atoms with Gasteiger partial charge in [-0.2, -0.15) is 0 Å². The van der Waals surface area contributed by atoms with Gasteiger partial charge in [-0.3, -0.25) is 4.79 Å². The third kappa shape index (κ3) is 3.39. The monoisotopic (exact) mass is 268 g/mol. The third-order valence-corrected chi connectivity index (χ3v) is 4.30. The number of nitrogens with one attached hydrogen (secondary N) is 1. The summed E-state index contributed by atoms with van der Waals surface area (Å²) in [7, 11) is 0. The lowest BCUT2D eigenvalue weighted by atomic mass is 9.92. The van der Waals surface area contributed by atoms with Crippen LogP contribution in [-0.4, -0.2) is 41.1 Å². The van der Waals surface area contributed by atoms with Crippen LogP contribution in [0.5, 0.6) is 0 Å². The topological polar surface area (TPSA) is 69.6 Å². The summed E-state index contributed by atoms with van der Waals surface area (Å²) < 4.78 is 0. The minimum absolute atomic E-state index is 0.0865. The minimum Gasteiger partial charge on any atom is -0.481 e. The number of carboxylic acids is 1. The molecule has 108 valence electrons. The molecule has 1 aliphatic carbocycles. The van der Waals surface area contributed by atoms with Crippen molar-refractivity contribution < 1.29 is 14.7 Å². The fourth-order valence-corrected chi connectivity index (χ4v) is 3.51. The van der Waals surface area contributed by atoms with Crippen molar-refractivity contribution in [2.24, 2.45) is 17.8 Å². The molecular weight excluding hydrogens is 244 g/mol. The van der Waals surface area contributed by atoms with Gasteiger partial charge in [0.15, 0.2) is 0 Å². The molecule has 2 aliphatic rings. The quantitative estimate of drug-likeness (QED) is 0.804. The molecule has 0 radical (unpaired) electrons. The first-order valence-corrected chi connectivity index (χ1v) is 7.25. The van der Waals surface area contributed by atoms with Crippen molar-refractivity contribution in [3.05, 3.63) is 0 Å². The lowest BCUT2D eigenvalue weighted by Crippen LogP contribution is -2.51. The lowest BCUT2D eigenvalue weighted by Gasteiger charge is -2.36. The van der Waals surface area contributed by atoms with E-state index in [1.54, 1.807) is 0 Å². The maximum Gasteiger partial charge on any atom is 0.317 e. The summed E-state index contributed by atoms with van der Waals surface area (Å²) in [5, 5.41) is 12.1. The largest absolute Gasteiger partial charge is 0.481 e. The van der Waals surface area contributed by atoms with Crippen LogP contribution in [0.15, 0.2) is 0 Å². The van der Waals surface area contributed by atoms with Crippen LogP contribution in [0.1, 0.15) is 39.5 Å². The van der Waals surface area contributed by atoms with Gasteiger partial charge in [0.25, 0.3) is 0 Å². The molecule has 2 rings (SSSR count). The summed E-state index contributed by atoms with van der Waals surface area (Å²) in [4.78, 5) is 25.2. The van der Waals surface area contributed by atoms with Crippen LogP contribution in [0.3, 0.4) is 0 Å². The van der Waals surface area contributed by atoms with E-state index in [0.717, 1.165) is 32.4 Å². The van der Waals surface area contributed by atoms with Gasteiger partial charge in [0.1, 0.15) is 0 Å². The average molecular weight is 268 g/mol. The second-order valence-electron chi connectivity index (χ2n) is 6.28. The Balaban J connectivity index is 1.91. The van der Waals surface area contributed by atoms with Crippen molar-refractivity contribution in [1.29, 1.82) is 0 Å². The Labute approximate surface area is 114 Å². The summed E-state index contributed by atoms with van der Waals surface area (Å²) in [6.45, 7) is 5.87. The third-order valence-electron chi connectivity index (χ3n) is 4.30. The first-order valence-electron chi connectivity index (χ1n) is 7.25. The van der Waals surface area contributed by atoms with Gasteiger partial charge in [0.05, 0.1) is 5.92 Å². The van der Waals surface area contributed by atoms with Crippen molar-refractivity contribution in [2.75, 3.05) is 13.1 Å². The summed E-state index contributed by atoms with van der Waals surface area (Å²) in [6, 6.07) is -0.283. The SMILES string of the molecule is CC1CC(C)CN(C(=O)NC2CCCC2C(=O)O)C1. The number of amides is 2. The van der Waals surface area contributed by atoms with E-state index in [1.165, 1.54) is 0 Å². The molecule has 2 N–H and O–H groups in total. The van der Waals surface area contributed by atoms with Gasteiger partial charge in [-0.15, -0.1) is 0 Å². The first-order chi connectivity index (χ1) is 8.97. The summed E-state index contributed by atoms with van der Waals surface area (Å²) in [5.74, 6) is -0.159. The molecule has 0 aromatic heterocycles. The maximum atomic E-state index is 12.2. The fraction of sp³-hybridized carbons (Fsp3) is 0.857. The number of hydrogen-bond acceptors (Lipinski definition) is 2. The van der Waals surface area contributed by atoms with Crippen LogP contribution in [0.25, 0.3) is 0 Å². The number of aliphatic carboxylic acids is 1. The number of piperidine rings is 1. The molecular formula is C14H24N2O3. The molecule has 19 heavy (non-hydrogen) atoms. The number of carboxylic acid groups (broad SMARTS) is 1. The van der Waals surface area contributed by atoms with Gasteiger partial charge in [-0.05, 0) is 31.1 Å². The van der Waals surface area contributed by atoms with E-state index in [4.69, 9.17) is 5.11 Å². The van der Waals surface area contributed by atoms with E-state index < -0.39 is 11.9 Å². The summed E-state index contributed by atoms with van der Waals surface area (Å²) in [5.41, 5.74) is 0. The van der Waals surface area contributed by atoms with Crippen LogP contribution in [0.2, 0.25) is 0 Å². The van der Waals surface area contributed by atoms with Crippen molar-refractivity contribution >= 4 is 12.0 Å². The molecule has 1 heterocycles. The van der Waals surface area contributed by atoms with Gasteiger partial charge in [0.2, 0.25) is 0 Å². The molecule has 5 nitrogen and oxygen atoms in total. The molecule has 0 bridgehead atoms. The molecule has 4 unspecified atom stereocenters. The first kappa shape index (κ1) is 14.2. The van der Waals surface area contributed by atoms with Gasteiger partial charge < -0.3 is 15.3 Å². The second-order valence-corrected chi connectivity index (χ2v) is 6.28. The normalized spacial score (nSPS) is 35.2. The molecule has 0 aromatic rings. The maximum absolute atomic E-state index is 12.2. The van der Waals surface area contributed by atoms with Crippen LogP contribution >= 0.6 is 0 Å².